The molecule has 5 nitrogen and oxygen atoms in total. The number of carbonyl (C=O) groups is 1. The highest BCUT2D eigenvalue weighted by Crippen LogP contribution is 2.39. The first-order chi connectivity index (χ1) is 12.6. The van der Waals surface area contributed by atoms with E-state index in [4.69, 9.17) is 0 Å². The summed E-state index contributed by atoms with van der Waals surface area (Å²) in [5.74, 6) is -0.109. The minimum absolute atomic E-state index is 0.109. The molecular formula is C20H22N2O3S. The SMILES string of the molecule is CCCC1C(=O)c2ccccc2S(=O)(=O)N1C1NCCc2ccccc21. The molecule has 0 fully saturated rings. The molecule has 0 aliphatic carbocycles. The predicted octanol–water partition coefficient (Wildman–Crippen LogP) is 2.89. The Balaban J connectivity index is 1.91. The lowest BCUT2D eigenvalue weighted by Crippen LogP contribution is -2.55. The van der Waals surface area contributed by atoms with Crippen molar-refractivity contribution in [2.45, 2.75) is 43.3 Å². The van der Waals surface area contributed by atoms with Crippen LogP contribution in [0.3, 0.4) is 0 Å². The van der Waals surface area contributed by atoms with Crippen LogP contribution in [-0.2, 0) is 16.4 Å². The third kappa shape index (κ3) is 2.60. The van der Waals surface area contributed by atoms with Crippen LogP contribution in [0.2, 0.25) is 0 Å². The fraction of sp³-hybridized carbons (Fsp3) is 0.350. The maximum Gasteiger partial charge on any atom is 0.246 e. The van der Waals surface area contributed by atoms with Crippen molar-refractivity contribution >= 4 is 15.8 Å². The van der Waals surface area contributed by atoms with Gasteiger partial charge in [-0.25, -0.2) is 8.42 Å². The number of benzene rings is 2. The Morgan fingerprint density at radius 1 is 1.12 bits per heavy atom. The average molecular weight is 370 g/mol. The molecule has 1 N–H and O–H groups in total. The van der Waals surface area contributed by atoms with Crippen molar-refractivity contribution in [3.8, 4) is 0 Å². The lowest BCUT2D eigenvalue weighted by atomic mass is 9.95. The van der Waals surface area contributed by atoms with Crippen LogP contribution in [0.1, 0.15) is 47.4 Å². The van der Waals surface area contributed by atoms with Gasteiger partial charge in [-0.2, -0.15) is 4.31 Å². The van der Waals surface area contributed by atoms with E-state index < -0.39 is 22.2 Å². The predicted molar refractivity (Wildman–Crippen MR) is 99.4 cm³/mol. The van der Waals surface area contributed by atoms with E-state index in [2.05, 4.69) is 5.32 Å². The molecule has 26 heavy (non-hydrogen) atoms. The van der Waals surface area contributed by atoms with Gasteiger partial charge in [-0.1, -0.05) is 49.7 Å². The second-order valence-electron chi connectivity index (χ2n) is 6.81. The summed E-state index contributed by atoms with van der Waals surface area (Å²) in [5.41, 5.74) is 2.38. The standard InChI is InChI=1S/C20H22N2O3S/c1-2-7-17-19(23)16-10-5-6-11-18(16)26(24,25)22(17)20-15-9-4-3-8-14(15)12-13-21-20/h3-6,8-11,17,20-21H,2,7,12-13H2,1H3. The van der Waals surface area contributed by atoms with Crippen LogP contribution in [0.5, 0.6) is 0 Å². The normalized spacial score (nSPS) is 24.7. The van der Waals surface area contributed by atoms with E-state index in [1.54, 1.807) is 18.2 Å². The van der Waals surface area contributed by atoms with Crippen molar-refractivity contribution < 1.29 is 13.2 Å². The minimum atomic E-state index is -3.78. The summed E-state index contributed by atoms with van der Waals surface area (Å²) in [5, 5.41) is 3.33. The summed E-state index contributed by atoms with van der Waals surface area (Å²) in [6, 6.07) is 13.7. The molecule has 0 aromatic heterocycles. The summed E-state index contributed by atoms with van der Waals surface area (Å²) in [4.78, 5) is 13.2. The first-order valence-electron chi connectivity index (χ1n) is 9.03. The molecule has 4 rings (SSSR count). The van der Waals surface area contributed by atoms with Crippen molar-refractivity contribution in [3.63, 3.8) is 0 Å². The molecule has 0 bridgehead atoms. The van der Waals surface area contributed by atoms with Gasteiger partial charge in [0.05, 0.1) is 10.9 Å². The van der Waals surface area contributed by atoms with Crippen molar-refractivity contribution in [2.24, 2.45) is 0 Å². The topological polar surface area (TPSA) is 66.5 Å². The molecule has 2 aliphatic rings. The van der Waals surface area contributed by atoms with Crippen LogP contribution in [0, 0.1) is 0 Å². The molecule has 0 amide bonds. The molecule has 2 aromatic rings. The third-order valence-corrected chi connectivity index (χ3v) is 7.15. The van der Waals surface area contributed by atoms with Crippen molar-refractivity contribution in [1.29, 1.82) is 0 Å². The first-order valence-corrected chi connectivity index (χ1v) is 10.5. The number of carbonyl (C=O) groups excluding carboxylic acids is 1. The van der Waals surface area contributed by atoms with Gasteiger partial charge in [0.25, 0.3) is 0 Å². The molecule has 2 heterocycles. The van der Waals surface area contributed by atoms with Crippen LogP contribution in [0.4, 0.5) is 0 Å². The molecule has 0 radical (unpaired) electrons. The molecule has 136 valence electrons. The van der Waals surface area contributed by atoms with Gasteiger partial charge in [0.15, 0.2) is 5.78 Å². The number of ketones is 1. The second-order valence-corrected chi connectivity index (χ2v) is 8.62. The van der Waals surface area contributed by atoms with Crippen LogP contribution in [-0.4, -0.2) is 31.1 Å². The molecule has 2 unspecified atom stereocenters. The highest BCUT2D eigenvalue weighted by atomic mass is 32.2. The number of nitrogens with one attached hydrogen (secondary N) is 1. The zero-order chi connectivity index (χ0) is 18.3. The molecule has 6 heteroatoms. The average Bonchev–Trinajstić information content (AvgIpc) is 2.66. The molecule has 2 atom stereocenters. The summed E-state index contributed by atoms with van der Waals surface area (Å²) in [6.07, 6.45) is 1.58. The maximum atomic E-state index is 13.5. The minimum Gasteiger partial charge on any atom is -0.297 e. The molecule has 2 aromatic carbocycles. The Hall–Kier alpha value is -2.02. The number of rotatable bonds is 3. The summed E-state index contributed by atoms with van der Waals surface area (Å²) >= 11 is 0. The van der Waals surface area contributed by atoms with E-state index in [0.717, 1.165) is 24.0 Å². The third-order valence-electron chi connectivity index (χ3n) is 5.22. The summed E-state index contributed by atoms with van der Waals surface area (Å²) in [6.45, 7) is 2.66. The number of Topliss-reactive ketones (excluding diaryl/α,β-unsaturated/α-hetero) is 1. The zero-order valence-electron chi connectivity index (χ0n) is 14.7. The molecule has 0 spiro atoms. The van der Waals surface area contributed by atoms with Crippen molar-refractivity contribution in [2.75, 3.05) is 6.54 Å². The quantitative estimate of drug-likeness (QED) is 0.902. The Kier molecular flexibility index (Phi) is 4.42. The largest absolute Gasteiger partial charge is 0.297 e. The summed E-state index contributed by atoms with van der Waals surface area (Å²) in [7, 11) is -3.78. The van der Waals surface area contributed by atoms with Gasteiger partial charge in [-0.3, -0.25) is 10.1 Å². The van der Waals surface area contributed by atoms with Crippen LogP contribution in [0.25, 0.3) is 0 Å². The smallest absolute Gasteiger partial charge is 0.246 e. The van der Waals surface area contributed by atoms with E-state index in [1.807, 2.05) is 31.2 Å². The van der Waals surface area contributed by atoms with E-state index in [9.17, 15) is 13.2 Å². The van der Waals surface area contributed by atoms with Gasteiger partial charge < -0.3 is 0 Å². The van der Waals surface area contributed by atoms with Crippen molar-refractivity contribution in [3.05, 3.63) is 65.2 Å². The Labute approximate surface area is 154 Å². The van der Waals surface area contributed by atoms with Gasteiger partial charge in [0, 0.05) is 12.1 Å². The van der Waals surface area contributed by atoms with E-state index in [-0.39, 0.29) is 10.7 Å². The number of nitrogens with zero attached hydrogens (tertiary/aromatic N) is 1. The van der Waals surface area contributed by atoms with Gasteiger partial charge >= 0.3 is 0 Å². The monoisotopic (exact) mass is 370 g/mol. The number of hydrogen-bond acceptors (Lipinski definition) is 4. The molecule has 0 saturated heterocycles. The van der Waals surface area contributed by atoms with E-state index in [0.29, 0.717) is 18.5 Å². The van der Waals surface area contributed by atoms with Crippen LogP contribution < -0.4 is 5.32 Å². The number of fused-ring (bicyclic) bond motifs is 2. The van der Waals surface area contributed by atoms with E-state index in [1.165, 1.54) is 10.4 Å². The molecule has 0 saturated carbocycles. The number of hydrogen-bond donors (Lipinski definition) is 1. The van der Waals surface area contributed by atoms with Gasteiger partial charge in [0.2, 0.25) is 10.0 Å². The van der Waals surface area contributed by atoms with Crippen LogP contribution in [0.15, 0.2) is 53.4 Å². The molecule has 2 aliphatic heterocycles. The second kappa shape index (κ2) is 6.61. The number of sulfonamides is 1. The zero-order valence-corrected chi connectivity index (χ0v) is 15.5. The summed E-state index contributed by atoms with van der Waals surface area (Å²) < 4.78 is 28.4. The Morgan fingerprint density at radius 2 is 1.85 bits per heavy atom. The van der Waals surface area contributed by atoms with E-state index >= 15 is 0 Å². The Bertz CT molecular complexity index is 955. The van der Waals surface area contributed by atoms with Crippen molar-refractivity contribution in [1.82, 2.24) is 9.62 Å². The van der Waals surface area contributed by atoms with Gasteiger partial charge in [0.1, 0.15) is 6.17 Å². The Morgan fingerprint density at radius 3 is 2.65 bits per heavy atom. The maximum absolute atomic E-state index is 13.5. The fourth-order valence-corrected chi connectivity index (χ4v) is 5.96. The lowest BCUT2D eigenvalue weighted by molar-refractivity contribution is 0.0816. The highest BCUT2D eigenvalue weighted by Gasteiger charge is 2.47. The lowest BCUT2D eigenvalue weighted by Gasteiger charge is -2.42. The fourth-order valence-electron chi connectivity index (χ4n) is 4.03. The first kappa shape index (κ1) is 17.4. The van der Waals surface area contributed by atoms with Gasteiger partial charge in [-0.05, 0) is 36.1 Å². The van der Waals surface area contributed by atoms with Crippen LogP contribution >= 0.6 is 0 Å². The van der Waals surface area contributed by atoms with Gasteiger partial charge in [-0.15, -0.1) is 0 Å². The highest BCUT2D eigenvalue weighted by molar-refractivity contribution is 7.89. The molecular weight excluding hydrogens is 348 g/mol.